The molecule has 0 aliphatic rings. The van der Waals surface area contributed by atoms with Crippen molar-refractivity contribution in [3.8, 4) is 0 Å². The van der Waals surface area contributed by atoms with Gasteiger partial charge in [0.05, 0.1) is 0 Å². The van der Waals surface area contributed by atoms with Gasteiger partial charge in [-0.15, -0.1) is 5.10 Å². The highest BCUT2D eigenvalue weighted by Gasteiger charge is 2.64. The Hall–Kier alpha value is -1.42. The van der Waals surface area contributed by atoms with Gasteiger partial charge in [0.15, 0.2) is 11.4 Å². The molecule has 0 aromatic carbocycles. The van der Waals surface area contributed by atoms with Crippen molar-refractivity contribution < 1.29 is 35.1 Å². The van der Waals surface area contributed by atoms with Crippen molar-refractivity contribution in [3.05, 3.63) is 11.4 Å². The first-order valence-corrected chi connectivity index (χ1v) is 5.38. The molecule has 0 unspecified atom stereocenters. The van der Waals surface area contributed by atoms with Gasteiger partial charge in [0.1, 0.15) is 0 Å². The smallest absolute Gasteiger partial charge is 0.240 e. The third-order valence-corrected chi connectivity index (χ3v) is 2.38. The van der Waals surface area contributed by atoms with Crippen LogP contribution in [0.2, 0.25) is 0 Å². The van der Waals surface area contributed by atoms with E-state index in [1.165, 1.54) is 0 Å². The van der Waals surface area contributed by atoms with Crippen LogP contribution in [0.4, 0.5) is 35.1 Å². The third-order valence-electron chi connectivity index (χ3n) is 2.38. The van der Waals surface area contributed by atoms with Crippen LogP contribution in [-0.2, 0) is 18.6 Å². The molecule has 0 saturated heterocycles. The van der Waals surface area contributed by atoms with Gasteiger partial charge >= 0.3 is 18.3 Å². The second-order valence-electron chi connectivity index (χ2n) is 3.93. The zero-order valence-electron chi connectivity index (χ0n) is 9.99. The molecule has 0 bridgehead atoms. The maximum atomic E-state index is 13.0. The maximum absolute atomic E-state index is 13.0. The van der Waals surface area contributed by atoms with Crippen molar-refractivity contribution >= 4 is 0 Å². The van der Waals surface area contributed by atoms with Crippen LogP contribution in [-0.4, -0.2) is 21.2 Å². The molecule has 0 aliphatic carbocycles. The molecule has 1 heterocycles. The lowest BCUT2D eigenvalue weighted by Crippen LogP contribution is -2.36. The zero-order valence-corrected chi connectivity index (χ0v) is 9.99. The first-order chi connectivity index (χ1) is 8.93. The first-order valence-electron chi connectivity index (χ1n) is 5.38. The van der Waals surface area contributed by atoms with E-state index in [0.29, 0.717) is 6.42 Å². The second-order valence-corrected chi connectivity index (χ2v) is 3.93. The first kappa shape index (κ1) is 16.6. The third kappa shape index (κ3) is 3.01. The van der Waals surface area contributed by atoms with Crippen LogP contribution in [0, 0.1) is 0 Å². The van der Waals surface area contributed by atoms with Gasteiger partial charge in [-0.25, -0.2) is 4.68 Å². The maximum Gasteiger partial charge on any atom is 0.459 e. The van der Waals surface area contributed by atoms with E-state index in [9.17, 15) is 35.1 Å². The summed E-state index contributed by atoms with van der Waals surface area (Å²) in [5, 5.41) is 5.16. The summed E-state index contributed by atoms with van der Waals surface area (Å²) in [6.07, 6.45) is -11.1. The van der Waals surface area contributed by atoms with Crippen LogP contribution < -0.4 is 0 Å². The van der Waals surface area contributed by atoms with Crippen molar-refractivity contribution in [2.45, 2.75) is 44.6 Å². The van der Waals surface area contributed by atoms with Gasteiger partial charge in [0, 0.05) is 6.54 Å². The molecule has 0 radical (unpaired) electrons. The lowest BCUT2D eigenvalue weighted by atomic mass is 10.1. The largest absolute Gasteiger partial charge is 0.459 e. The Balaban J connectivity index is 3.38. The van der Waals surface area contributed by atoms with Gasteiger partial charge in [0.25, 0.3) is 0 Å². The summed E-state index contributed by atoms with van der Waals surface area (Å²) in [5.74, 6) is -5.72. The van der Waals surface area contributed by atoms with Crippen LogP contribution >= 0.6 is 0 Å². The fraction of sp³-hybridized carbons (Fsp3) is 0.778. The van der Waals surface area contributed by atoms with Gasteiger partial charge in [-0.05, 0) is 6.42 Å². The Morgan fingerprint density at radius 3 is 1.95 bits per heavy atom. The fourth-order valence-electron chi connectivity index (χ4n) is 1.40. The Labute approximate surface area is 107 Å². The molecule has 0 saturated carbocycles. The number of nitrogens with zero attached hydrogens (tertiary/aromatic N) is 3. The number of hydrogen-bond acceptors (Lipinski definition) is 2. The number of aromatic nitrogens is 3. The quantitative estimate of drug-likeness (QED) is 0.793. The van der Waals surface area contributed by atoms with E-state index in [0.717, 1.165) is 0 Å². The molecule has 116 valence electrons. The average molecular weight is 311 g/mol. The molecule has 3 nitrogen and oxygen atoms in total. The van der Waals surface area contributed by atoms with E-state index in [-0.39, 0.29) is 11.1 Å². The van der Waals surface area contributed by atoms with Crippen molar-refractivity contribution in [3.63, 3.8) is 0 Å². The number of halogens is 8. The highest BCUT2D eigenvalue weighted by molar-refractivity contribution is 5.21. The molecule has 0 spiro atoms. The average Bonchev–Trinajstić information content (AvgIpc) is 2.68. The number of aryl methyl sites for hydroxylation is 1. The highest BCUT2D eigenvalue weighted by Crippen LogP contribution is 2.47. The van der Waals surface area contributed by atoms with Crippen LogP contribution in [0.15, 0.2) is 0 Å². The standard InChI is InChI=1S/C9H9F8N3/c1-2-3-4-20-6(8(12,13)14)5(18-19-20)7(10,11)9(15,16)17/h2-4H2,1H3. The molecular weight excluding hydrogens is 302 g/mol. The van der Waals surface area contributed by atoms with Gasteiger partial charge in [-0.3, -0.25) is 0 Å². The Kier molecular flexibility index (Phi) is 4.30. The van der Waals surface area contributed by atoms with E-state index in [4.69, 9.17) is 0 Å². The van der Waals surface area contributed by atoms with Crippen LogP contribution in [0.3, 0.4) is 0 Å². The van der Waals surface area contributed by atoms with Crippen molar-refractivity contribution in [1.29, 1.82) is 0 Å². The molecule has 0 aliphatic heterocycles. The molecule has 1 rings (SSSR count). The normalized spacial score (nSPS) is 13.8. The Bertz CT molecular complexity index is 459. The molecule has 1 aromatic rings. The lowest BCUT2D eigenvalue weighted by Gasteiger charge is -2.19. The molecule has 11 heteroatoms. The van der Waals surface area contributed by atoms with Gasteiger partial charge in [-0.1, -0.05) is 18.6 Å². The van der Waals surface area contributed by atoms with E-state index in [1.807, 2.05) is 0 Å². The minimum Gasteiger partial charge on any atom is -0.240 e. The van der Waals surface area contributed by atoms with Crippen LogP contribution in [0.1, 0.15) is 31.2 Å². The zero-order chi connectivity index (χ0) is 15.8. The molecule has 0 amide bonds. The molecule has 0 N–H and O–H groups in total. The van der Waals surface area contributed by atoms with Crippen molar-refractivity contribution in [2.75, 3.05) is 0 Å². The van der Waals surface area contributed by atoms with Gasteiger partial charge < -0.3 is 0 Å². The summed E-state index contributed by atoms with van der Waals surface area (Å²) in [6.45, 7) is 1.15. The number of unbranched alkanes of at least 4 members (excludes halogenated alkanes) is 1. The second kappa shape index (κ2) is 5.17. The number of alkyl halides is 8. The highest BCUT2D eigenvalue weighted by atomic mass is 19.4. The summed E-state index contributed by atoms with van der Waals surface area (Å²) < 4.78 is 101. The molecule has 1 aromatic heterocycles. The van der Waals surface area contributed by atoms with E-state index in [1.54, 1.807) is 6.92 Å². The summed E-state index contributed by atoms with van der Waals surface area (Å²) in [4.78, 5) is 0. The van der Waals surface area contributed by atoms with Gasteiger partial charge in [0.2, 0.25) is 0 Å². The van der Waals surface area contributed by atoms with E-state index in [2.05, 4.69) is 10.3 Å². The summed E-state index contributed by atoms with van der Waals surface area (Å²) >= 11 is 0. The predicted octanol–water partition coefficient (Wildman–Crippen LogP) is 3.75. The fourth-order valence-corrected chi connectivity index (χ4v) is 1.40. The predicted molar refractivity (Wildman–Crippen MR) is 49.9 cm³/mol. The van der Waals surface area contributed by atoms with E-state index < -0.39 is 36.2 Å². The topological polar surface area (TPSA) is 30.7 Å². The summed E-state index contributed by atoms with van der Waals surface area (Å²) in [5.41, 5.74) is -4.60. The van der Waals surface area contributed by atoms with Gasteiger partial charge in [-0.2, -0.15) is 35.1 Å². The Morgan fingerprint density at radius 2 is 1.55 bits per heavy atom. The number of hydrogen-bond donors (Lipinski definition) is 0. The van der Waals surface area contributed by atoms with Crippen molar-refractivity contribution in [1.82, 2.24) is 15.0 Å². The SMILES string of the molecule is CCCCn1nnc(C(F)(F)C(F)(F)F)c1C(F)(F)F. The Morgan fingerprint density at radius 1 is 1.00 bits per heavy atom. The van der Waals surface area contributed by atoms with E-state index >= 15 is 0 Å². The lowest BCUT2D eigenvalue weighted by molar-refractivity contribution is -0.292. The number of rotatable bonds is 4. The summed E-state index contributed by atoms with van der Waals surface area (Å²) in [6, 6.07) is 0. The molecular formula is C9H9F8N3. The van der Waals surface area contributed by atoms with Crippen molar-refractivity contribution in [2.24, 2.45) is 0 Å². The molecule has 0 fully saturated rings. The van der Waals surface area contributed by atoms with Crippen LogP contribution in [0.25, 0.3) is 0 Å². The molecule has 20 heavy (non-hydrogen) atoms. The molecule has 0 atom stereocenters. The minimum atomic E-state index is -6.18. The van der Waals surface area contributed by atoms with Crippen LogP contribution in [0.5, 0.6) is 0 Å². The monoisotopic (exact) mass is 311 g/mol. The minimum absolute atomic E-state index is 0.0263. The summed E-state index contributed by atoms with van der Waals surface area (Å²) in [7, 11) is 0.